The molecule has 0 amide bonds. The number of rotatable bonds is 4. The van der Waals surface area contributed by atoms with Gasteiger partial charge in [0.25, 0.3) is 0 Å². The Kier molecular flexibility index (Phi) is 5.08. The molecule has 0 spiro atoms. The first-order valence-corrected chi connectivity index (χ1v) is 9.74. The van der Waals surface area contributed by atoms with Crippen molar-refractivity contribution >= 4 is 27.0 Å². The number of piperazine rings is 1. The average molecular weight is 415 g/mol. The highest BCUT2D eigenvalue weighted by Gasteiger charge is 2.24. The lowest BCUT2D eigenvalue weighted by atomic mass is 10.1. The molecule has 1 fully saturated rings. The largest absolute Gasteiger partial charge is 0.384 e. The van der Waals surface area contributed by atoms with Gasteiger partial charge in [0.2, 0.25) is 0 Å². The highest BCUT2D eigenvalue weighted by molar-refractivity contribution is 9.11. The minimum atomic E-state index is 0.492. The average Bonchev–Trinajstić information content (AvgIpc) is 2.66. The topological polar surface area (TPSA) is 65.1 Å². The molecule has 0 aliphatic carbocycles. The summed E-state index contributed by atoms with van der Waals surface area (Å²) in [6, 6.07) is 6.72. The fraction of sp³-hybridized carbons (Fsp3) is 0.368. The van der Waals surface area contributed by atoms with E-state index in [9.17, 15) is 0 Å². The van der Waals surface area contributed by atoms with Gasteiger partial charge in [0.05, 0.1) is 22.4 Å². The first-order valence-electron chi connectivity index (χ1n) is 8.95. The zero-order chi connectivity index (χ0) is 17.9. The van der Waals surface area contributed by atoms with Crippen LogP contribution in [-0.2, 0) is 6.54 Å². The Balaban J connectivity index is 1.51. The number of hydrogen-bond donors (Lipinski definition) is 3. The zero-order valence-corrected chi connectivity index (χ0v) is 16.4. The second-order valence-electron chi connectivity index (χ2n) is 6.73. The molecule has 0 bridgehead atoms. The third-order valence-electron chi connectivity index (χ3n) is 4.72. The minimum absolute atomic E-state index is 0.492. The van der Waals surface area contributed by atoms with Crippen molar-refractivity contribution in [1.82, 2.24) is 30.8 Å². The highest BCUT2D eigenvalue weighted by atomic mass is 79.9. The predicted molar refractivity (Wildman–Crippen MR) is 107 cm³/mol. The van der Waals surface area contributed by atoms with Gasteiger partial charge in [-0.3, -0.25) is 9.97 Å². The van der Waals surface area contributed by atoms with Crippen LogP contribution < -0.4 is 16.0 Å². The van der Waals surface area contributed by atoms with E-state index in [0.717, 1.165) is 49.5 Å². The van der Waals surface area contributed by atoms with Gasteiger partial charge in [0, 0.05) is 61.8 Å². The van der Waals surface area contributed by atoms with Crippen LogP contribution in [-0.4, -0.2) is 47.1 Å². The van der Waals surface area contributed by atoms with Gasteiger partial charge >= 0.3 is 0 Å². The molecule has 6 nitrogen and oxygen atoms in total. The van der Waals surface area contributed by atoms with Gasteiger partial charge < -0.3 is 20.9 Å². The summed E-state index contributed by atoms with van der Waals surface area (Å²) in [5, 5.41) is 10.4. The van der Waals surface area contributed by atoms with Gasteiger partial charge in [0.15, 0.2) is 0 Å². The Morgan fingerprint density at radius 1 is 1.27 bits per heavy atom. The Bertz CT molecular complexity index is 862. The van der Waals surface area contributed by atoms with Crippen molar-refractivity contribution in [1.29, 1.82) is 0 Å². The summed E-state index contributed by atoms with van der Waals surface area (Å²) in [6.07, 6.45) is 5.53. The molecule has 2 aliphatic heterocycles. The molecule has 1 aromatic heterocycles. The van der Waals surface area contributed by atoms with Gasteiger partial charge in [-0.25, -0.2) is 0 Å². The van der Waals surface area contributed by atoms with Crippen LogP contribution in [0.3, 0.4) is 0 Å². The third-order valence-corrected chi connectivity index (χ3v) is 5.37. The van der Waals surface area contributed by atoms with Crippen molar-refractivity contribution in [3.05, 3.63) is 58.2 Å². The smallest absolute Gasteiger partial charge is 0.0890 e. The molecular weight excluding hydrogens is 392 g/mol. The molecular formula is C19H23BrN6. The molecule has 1 atom stereocenters. The molecule has 1 unspecified atom stereocenters. The summed E-state index contributed by atoms with van der Waals surface area (Å²) in [4.78, 5) is 11.2. The molecule has 26 heavy (non-hydrogen) atoms. The number of halogens is 1. The normalized spacial score (nSPS) is 20.8. The van der Waals surface area contributed by atoms with Crippen LogP contribution in [0.25, 0.3) is 11.0 Å². The number of benzene rings is 1. The maximum atomic E-state index is 4.40. The molecule has 1 aromatic carbocycles. The highest BCUT2D eigenvalue weighted by Crippen LogP contribution is 2.26. The Morgan fingerprint density at radius 3 is 2.96 bits per heavy atom. The van der Waals surface area contributed by atoms with Crippen LogP contribution in [0, 0.1) is 0 Å². The number of fused-ring (bicyclic) bond motifs is 1. The third kappa shape index (κ3) is 3.68. The van der Waals surface area contributed by atoms with E-state index in [1.807, 2.05) is 6.07 Å². The summed E-state index contributed by atoms with van der Waals surface area (Å²) >= 11 is 3.77. The summed E-state index contributed by atoms with van der Waals surface area (Å²) in [5.41, 5.74) is 5.42. The van der Waals surface area contributed by atoms with Gasteiger partial charge in [-0.1, -0.05) is 22.0 Å². The Labute approximate surface area is 161 Å². The van der Waals surface area contributed by atoms with E-state index < -0.39 is 0 Å². The first kappa shape index (κ1) is 17.3. The second kappa shape index (κ2) is 7.63. The fourth-order valence-corrected chi connectivity index (χ4v) is 4.10. The fourth-order valence-electron chi connectivity index (χ4n) is 3.47. The second-order valence-corrected chi connectivity index (χ2v) is 7.68. The zero-order valence-electron chi connectivity index (χ0n) is 14.8. The Hall–Kier alpha value is -2.12. The van der Waals surface area contributed by atoms with Crippen molar-refractivity contribution in [2.24, 2.45) is 0 Å². The lowest BCUT2D eigenvalue weighted by Crippen LogP contribution is -2.50. The van der Waals surface area contributed by atoms with Crippen LogP contribution in [0.15, 0.2) is 52.7 Å². The van der Waals surface area contributed by atoms with Crippen LogP contribution in [0.2, 0.25) is 0 Å². The SMILES string of the molecule is CC1CN(C2=C(Br)CNC=C2NCc2ccc3nccnc3c2)CCN1. The van der Waals surface area contributed by atoms with E-state index in [-0.39, 0.29) is 0 Å². The molecule has 7 heteroatoms. The van der Waals surface area contributed by atoms with Crippen molar-refractivity contribution in [2.45, 2.75) is 19.5 Å². The van der Waals surface area contributed by atoms with E-state index in [2.05, 4.69) is 72.0 Å². The van der Waals surface area contributed by atoms with Gasteiger partial charge in [-0.15, -0.1) is 0 Å². The summed E-state index contributed by atoms with van der Waals surface area (Å²) < 4.78 is 1.20. The molecule has 1 saturated heterocycles. The monoisotopic (exact) mass is 414 g/mol. The van der Waals surface area contributed by atoms with E-state index >= 15 is 0 Å². The van der Waals surface area contributed by atoms with E-state index in [4.69, 9.17) is 0 Å². The van der Waals surface area contributed by atoms with Crippen molar-refractivity contribution < 1.29 is 0 Å². The van der Waals surface area contributed by atoms with Crippen LogP contribution >= 0.6 is 15.9 Å². The number of dihydropyridines is 1. The number of hydrogen-bond acceptors (Lipinski definition) is 6. The van der Waals surface area contributed by atoms with Crippen LogP contribution in [0.5, 0.6) is 0 Å². The lowest BCUT2D eigenvalue weighted by Gasteiger charge is -2.38. The molecule has 0 radical (unpaired) electrons. The van der Waals surface area contributed by atoms with E-state index in [1.165, 1.54) is 15.7 Å². The molecule has 2 aromatic rings. The summed E-state index contributed by atoms with van der Waals surface area (Å²) in [7, 11) is 0. The van der Waals surface area contributed by atoms with Gasteiger partial charge in [0.1, 0.15) is 0 Å². The van der Waals surface area contributed by atoms with Crippen LogP contribution in [0.4, 0.5) is 0 Å². The van der Waals surface area contributed by atoms with Crippen molar-refractivity contribution in [2.75, 3.05) is 26.2 Å². The van der Waals surface area contributed by atoms with E-state index in [0.29, 0.717) is 6.04 Å². The molecule has 3 N–H and O–H groups in total. The van der Waals surface area contributed by atoms with Crippen LogP contribution in [0.1, 0.15) is 12.5 Å². The maximum absolute atomic E-state index is 4.40. The van der Waals surface area contributed by atoms with Gasteiger partial charge in [-0.2, -0.15) is 0 Å². The minimum Gasteiger partial charge on any atom is -0.384 e. The van der Waals surface area contributed by atoms with Gasteiger partial charge in [-0.05, 0) is 24.6 Å². The molecule has 136 valence electrons. The molecule has 4 rings (SSSR count). The molecule has 3 heterocycles. The van der Waals surface area contributed by atoms with Crippen molar-refractivity contribution in [3.63, 3.8) is 0 Å². The number of aromatic nitrogens is 2. The van der Waals surface area contributed by atoms with Crippen molar-refractivity contribution in [3.8, 4) is 0 Å². The number of nitrogens with zero attached hydrogens (tertiary/aromatic N) is 3. The standard InChI is InChI=1S/C19H23BrN6/c1-13-12-26(7-6-22-13)19-15(20)10-21-11-18(19)25-9-14-2-3-16-17(8-14)24-5-4-23-16/h2-5,8,11,13,21-22,25H,6-7,9-10,12H2,1H3. The summed E-state index contributed by atoms with van der Waals surface area (Å²) in [6.45, 7) is 6.83. The quantitative estimate of drug-likeness (QED) is 0.711. The predicted octanol–water partition coefficient (Wildman–Crippen LogP) is 2.06. The lowest BCUT2D eigenvalue weighted by molar-refractivity contribution is 0.255. The number of nitrogens with one attached hydrogen (secondary N) is 3. The van der Waals surface area contributed by atoms with E-state index in [1.54, 1.807) is 12.4 Å². The first-order chi connectivity index (χ1) is 12.7. The summed E-state index contributed by atoms with van der Waals surface area (Å²) in [5.74, 6) is 0. The molecule has 0 saturated carbocycles. The maximum Gasteiger partial charge on any atom is 0.0890 e. The Morgan fingerprint density at radius 2 is 2.12 bits per heavy atom. The molecule has 2 aliphatic rings.